The molecule has 0 aromatic heterocycles. The van der Waals surface area contributed by atoms with E-state index in [9.17, 15) is 0 Å². The largest absolute Gasteiger partial charge is 0.425 e. The normalized spacial score (nSPS) is 12.2. The van der Waals surface area contributed by atoms with Gasteiger partial charge >= 0.3 is 0 Å². The molecule has 88 valence electrons. The predicted molar refractivity (Wildman–Crippen MR) is 77.7 cm³/mol. The maximum Gasteiger partial charge on any atom is 0.163 e. The van der Waals surface area contributed by atoms with Gasteiger partial charge in [-0.2, -0.15) is 0 Å². The number of hydrogen-bond donors (Lipinski definition) is 0. The third kappa shape index (κ3) is 3.22. The minimum atomic E-state index is -0.517. The van der Waals surface area contributed by atoms with Crippen LogP contribution in [-0.4, -0.2) is 17.9 Å². The molecule has 3 heteroatoms. The van der Waals surface area contributed by atoms with Crippen molar-refractivity contribution < 1.29 is 0 Å². The van der Waals surface area contributed by atoms with Crippen LogP contribution in [0.4, 0.5) is 5.69 Å². The first-order chi connectivity index (χ1) is 7.34. The van der Waals surface area contributed by atoms with E-state index >= 15 is 0 Å². The van der Waals surface area contributed by atoms with E-state index in [4.69, 9.17) is 0 Å². The molecule has 0 atom stereocenters. The topological polar surface area (TPSA) is 3.24 Å². The van der Waals surface area contributed by atoms with Gasteiger partial charge in [-0.05, 0) is 17.2 Å². The fourth-order valence-corrected chi connectivity index (χ4v) is 7.26. The first-order valence-electron chi connectivity index (χ1n) is 5.83. The van der Waals surface area contributed by atoms with Crippen molar-refractivity contribution in [1.29, 1.82) is 0 Å². The summed E-state index contributed by atoms with van der Waals surface area (Å²) in [7, 11) is -0.945. The van der Waals surface area contributed by atoms with E-state index in [1.165, 1.54) is 5.69 Å². The fraction of sp³-hybridized carbons (Fsp3) is 0.538. The smallest absolute Gasteiger partial charge is 0.163 e. The molecule has 0 aliphatic carbocycles. The lowest BCUT2D eigenvalue weighted by atomic mass is 10.2. The van der Waals surface area contributed by atoms with Crippen molar-refractivity contribution in [2.75, 3.05) is 4.23 Å². The summed E-state index contributed by atoms with van der Waals surface area (Å²) in [6.45, 7) is 14.3. The van der Waals surface area contributed by atoms with E-state index in [0.717, 1.165) is 0 Å². The summed E-state index contributed by atoms with van der Waals surface area (Å²) in [6, 6.07) is 10.9. The van der Waals surface area contributed by atoms with E-state index < -0.39 is 17.9 Å². The van der Waals surface area contributed by atoms with Crippen LogP contribution in [0.25, 0.3) is 0 Å². The van der Waals surface area contributed by atoms with Gasteiger partial charge in [-0.15, -0.1) is 0 Å². The molecule has 1 aromatic rings. The minimum absolute atomic E-state index is 0.419. The Hall–Kier alpha value is -0.546. The highest BCUT2D eigenvalue weighted by atomic mass is 28.4. The van der Waals surface area contributed by atoms with Crippen LogP contribution in [0, 0.1) is 0 Å². The summed E-state index contributed by atoms with van der Waals surface area (Å²) >= 11 is 0. The number of rotatable bonds is 3. The molecular formula is C13H23NSi2. The number of nitrogens with zero attached hydrogens (tertiary/aromatic N) is 1. The molecule has 0 unspecified atom stereocenters. The lowest BCUT2D eigenvalue weighted by Crippen LogP contribution is -2.49. The van der Waals surface area contributed by atoms with Gasteiger partial charge < -0.3 is 4.23 Å². The van der Waals surface area contributed by atoms with Crippen molar-refractivity contribution in [3.63, 3.8) is 0 Å². The van der Waals surface area contributed by atoms with Gasteiger partial charge in [-0.3, -0.25) is 0 Å². The molecule has 2 radical (unpaired) electrons. The molecule has 0 fully saturated rings. The molecule has 1 nitrogen and oxygen atoms in total. The van der Waals surface area contributed by atoms with Crippen LogP contribution >= 0.6 is 0 Å². The van der Waals surface area contributed by atoms with Crippen LogP contribution in [-0.2, 0) is 0 Å². The van der Waals surface area contributed by atoms with Gasteiger partial charge in [-0.1, -0.05) is 58.6 Å². The zero-order valence-electron chi connectivity index (χ0n) is 11.3. The number of hydrogen-bond acceptors (Lipinski definition) is 1. The molecule has 16 heavy (non-hydrogen) atoms. The van der Waals surface area contributed by atoms with Crippen LogP contribution in [0.5, 0.6) is 0 Å². The van der Waals surface area contributed by atoms with E-state index in [-0.39, 0.29) is 0 Å². The third-order valence-electron chi connectivity index (χ3n) is 2.88. The van der Waals surface area contributed by atoms with E-state index in [1.54, 1.807) is 0 Å². The molecular weight excluding hydrogens is 226 g/mol. The van der Waals surface area contributed by atoms with Crippen molar-refractivity contribution >= 4 is 23.6 Å². The van der Waals surface area contributed by atoms with Crippen LogP contribution in [0.1, 0.15) is 20.8 Å². The maximum absolute atomic E-state index is 2.70. The highest BCUT2D eigenvalue weighted by molar-refractivity contribution is 6.83. The number of benzene rings is 1. The average Bonchev–Trinajstić information content (AvgIpc) is 2.17. The molecule has 0 heterocycles. The van der Waals surface area contributed by atoms with Crippen LogP contribution in [0.2, 0.25) is 24.7 Å². The Morgan fingerprint density at radius 3 is 1.81 bits per heavy atom. The summed E-state index contributed by atoms with van der Waals surface area (Å²) in [6.07, 6.45) is 0. The summed E-state index contributed by atoms with van der Waals surface area (Å²) in [5.41, 5.74) is 1.41. The third-order valence-corrected chi connectivity index (χ3v) is 9.48. The quantitative estimate of drug-likeness (QED) is 0.727. The highest BCUT2D eigenvalue weighted by Crippen LogP contribution is 2.32. The van der Waals surface area contributed by atoms with E-state index in [1.807, 2.05) is 0 Å². The molecule has 0 N–H and O–H groups in total. The van der Waals surface area contributed by atoms with Gasteiger partial charge in [0, 0.05) is 5.69 Å². The SMILES string of the molecule is C[Si](C)N(c1ccccc1)[Si](C)C(C)(C)C. The summed E-state index contributed by atoms with van der Waals surface area (Å²) in [4.78, 5) is 0. The highest BCUT2D eigenvalue weighted by Gasteiger charge is 2.30. The molecule has 1 aromatic carbocycles. The molecule has 1 rings (SSSR count). The number of para-hydroxylation sites is 1. The first kappa shape index (κ1) is 13.5. The summed E-state index contributed by atoms with van der Waals surface area (Å²) in [5.74, 6) is 0. The molecule has 0 aliphatic heterocycles. The van der Waals surface area contributed by atoms with Crippen molar-refractivity contribution in [2.45, 2.75) is 45.5 Å². The average molecular weight is 250 g/mol. The van der Waals surface area contributed by atoms with Crippen molar-refractivity contribution in [1.82, 2.24) is 0 Å². The molecule has 0 amide bonds. The van der Waals surface area contributed by atoms with Crippen LogP contribution in [0.15, 0.2) is 30.3 Å². The van der Waals surface area contributed by atoms with Crippen LogP contribution < -0.4 is 4.23 Å². The zero-order chi connectivity index (χ0) is 12.3. The number of anilines is 1. The van der Waals surface area contributed by atoms with E-state index in [2.05, 4.69) is 75.0 Å². The second kappa shape index (κ2) is 5.19. The van der Waals surface area contributed by atoms with Crippen molar-refractivity contribution in [3.8, 4) is 0 Å². The fourth-order valence-electron chi connectivity index (χ4n) is 1.70. The molecule has 0 aliphatic rings. The van der Waals surface area contributed by atoms with Gasteiger partial charge in [-0.25, -0.2) is 0 Å². The van der Waals surface area contributed by atoms with Crippen LogP contribution in [0.3, 0.4) is 0 Å². The Bertz CT molecular complexity index is 316. The monoisotopic (exact) mass is 249 g/mol. The van der Waals surface area contributed by atoms with Gasteiger partial charge in [0.2, 0.25) is 0 Å². The maximum atomic E-state index is 2.70. The second-order valence-corrected chi connectivity index (χ2v) is 11.4. The molecule has 0 bridgehead atoms. The van der Waals surface area contributed by atoms with Gasteiger partial charge in [0.05, 0.1) is 0 Å². The lowest BCUT2D eigenvalue weighted by molar-refractivity contribution is 0.736. The Kier molecular flexibility index (Phi) is 4.38. The van der Waals surface area contributed by atoms with Crippen molar-refractivity contribution in [3.05, 3.63) is 30.3 Å². The standard InChI is InChI=1S/C13H23NSi2/c1-13(2,3)16(6)14(15(4)5)12-10-8-7-9-11-12/h7-11H,1-6H3. The Morgan fingerprint density at radius 2 is 1.44 bits per heavy atom. The summed E-state index contributed by atoms with van der Waals surface area (Å²) in [5, 5.41) is 0.419. The lowest BCUT2D eigenvalue weighted by Gasteiger charge is -2.40. The summed E-state index contributed by atoms with van der Waals surface area (Å²) < 4.78 is 2.70. The second-order valence-electron chi connectivity index (χ2n) is 5.45. The zero-order valence-corrected chi connectivity index (χ0v) is 13.3. The minimum Gasteiger partial charge on any atom is -0.425 e. The molecule has 0 saturated heterocycles. The van der Waals surface area contributed by atoms with Gasteiger partial charge in [0.15, 0.2) is 17.9 Å². The van der Waals surface area contributed by atoms with Gasteiger partial charge in [0.1, 0.15) is 0 Å². The van der Waals surface area contributed by atoms with E-state index in [0.29, 0.717) is 5.04 Å². The Labute approximate surface area is 104 Å². The van der Waals surface area contributed by atoms with Crippen molar-refractivity contribution in [2.24, 2.45) is 0 Å². The Balaban J connectivity index is 3.02. The van der Waals surface area contributed by atoms with Gasteiger partial charge in [0.25, 0.3) is 0 Å². The first-order valence-corrected chi connectivity index (χ1v) is 10.2. The molecule has 0 spiro atoms. The predicted octanol–water partition coefficient (Wildman–Crippen LogP) is 4.17. The Morgan fingerprint density at radius 1 is 0.938 bits per heavy atom. The molecule has 0 saturated carbocycles.